The van der Waals surface area contributed by atoms with Crippen LogP contribution in [0.5, 0.6) is 0 Å². The van der Waals surface area contributed by atoms with Crippen molar-refractivity contribution in [2.24, 2.45) is 0 Å². The lowest BCUT2D eigenvalue weighted by atomic mass is 10.0. The maximum absolute atomic E-state index is 14.8. The van der Waals surface area contributed by atoms with Crippen LogP contribution in [-0.2, 0) is 4.74 Å². The van der Waals surface area contributed by atoms with Gasteiger partial charge < -0.3 is 10.2 Å². The molecular weight excluding hydrogens is 444 g/mol. The average Bonchev–Trinajstić information content (AvgIpc) is 2.66. The molecule has 1 atom stereocenters. The van der Waals surface area contributed by atoms with E-state index in [9.17, 15) is 26.7 Å². The number of methoxy groups -OCH3 is 1. The van der Waals surface area contributed by atoms with Gasteiger partial charge in [0, 0.05) is 12.1 Å². The molecule has 0 saturated heterocycles. The highest BCUT2D eigenvalue weighted by Crippen LogP contribution is 2.43. The monoisotopic (exact) mass is 457 g/mol. The molecule has 2 N–H and O–H groups in total. The van der Waals surface area contributed by atoms with E-state index >= 15 is 0 Å². The van der Waals surface area contributed by atoms with E-state index < -0.39 is 46.0 Å². The highest BCUT2D eigenvalue weighted by atomic mass is 35.5. The highest BCUT2D eigenvalue weighted by Gasteiger charge is 2.44. The molecule has 0 amide bonds. The Bertz CT molecular complexity index is 925. The zero-order valence-corrected chi connectivity index (χ0v) is 16.4. The number of carbonyl (C=O) groups is 1. The number of nitrogens with zero attached hydrogens (tertiary/aromatic N) is 1. The minimum absolute atomic E-state index is 0.0717. The van der Waals surface area contributed by atoms with Crippen molar-refractivity contribution in [3.8, 4) is 11.3 Å². The van der Waals surface area contributed by atoms with Crippen LogP contribution in [0.2, 0.25) is 10.0 Å². The molecule has 2 aromatic rings. The number of carbonyl (C=O) groups excluding carboxylic acids is 1. The molecule has 0 aliphatic heterocycles. The average molecular weight is 458 g/mol. The summed E-state index contributed by atoms with van der Waals surface area (Å²) in [6.07, 6.45) is -9.02. The third kappa shape index (κ3) is 4.88. The molecule has 1 unspecified atom stereocenters. The van der Waals surface area contributed by atoms with E-state index in [0.29, 0.717) is 6.54 Å². The SMILES string of the molecule is CCNNc1cc(-c2ccc(Cl)c(C(F)C(F)(F)F)c2F)nc(C(=O)OC)c1Cl. The van der Waals surface area contributed by atoms with E-state index in [0.717, 1.165) is 19.2 Å². The van der Waals surface area contributed by atoms with Crippen LogP contribution in [0.15, 0.2) is 18.2 Å². The van der Waals surface area contributed by atoms with Crippen LogP contribution in [0.25, 0.3) is 11.3 Å². The van der Waals surface area contributed by atoms with Gasteiger partial charge in [-0.15, -0.1) is 0 Å². The molecular formula is C17H14Cl2F5N3O2. The zero-order valence-electron chi connectivity index (χ0n) is 14.9. The number of nitrogens with one attached hydrogen (secondary N) is 2. The van der Waals surface area contributed by atoms with Crippen molar-refractivity contribution in [3.63, 3.8) is 0 Å². The Balaban J connectivity index is 2.72. The van der Waals surface area contributed by atoms with Crippen molar-refractivity contribution < 1.29 is 31.5 Å². The third-order valence-electron chi connectivity index (χ3n) is 3.68. The molecule has 1 aromatic heterocycles. The molecule has 2 rings (SSSR count). The molecule has 0 bridgehead atoms. The van der Waals surface area contributed by atoms with Gasteiger partial charge in [0.15, 0.2) is 5.69 Å². The summed E-state index contributed by atoms with van der Waals surface area (Å²) >= 11 is 11.7. The number of rotatable bonds is 6. The number of pyridine rings is 1. The second kappa shape index (κ2) is 9.10. The first-order valence-electron chi connectivity index (χ1n) is 7.99. The second-order valence-electron chi connectivity index (χ2n) is 5.59. The van der Waals surface area contributed by atoms with Gasteiger partial charge in [0.05, 0.1) is 34.1 Å². The summed E-state index contributed by atoms with van der Waals surface area (Å²) < 4.78 is 71.6. The number of halogens is 7. The number of esters is 1. The van der Waals surface area contributed by atoms with Crippen molar-refractivity contribution in [1.29, 1.82) is 0 Å². The molecule has 1 aromatic carbocycles. The van der Waals surface area contributed by atoms with Crippen molar-refractivity contribution in [1.82, 2.24) is 10.4 Å². The van der Waals surface area contributed by atoms with Crippen molar-refractivity contribution in [2.45, 2.75) is 19.3 Å². The van der Waals surface area contributed by atoms with Crippen LogP contribution >= 0.6 is 23.2 Å². The second-order valence-corrected chi connectivity index (χ2v) is 6.38. The smallest absolute Gasteiger partial charge is 0.424 e. The normalized spacial score (nSPS) is 12.6. The third-order valence-corrected chi connectivity index (χ3v) is 4.39. The van der Waals surface area contributed by atoms with Gasteiger partial charge in [0.25, 0.3) is 0 Å². The number of ether oxygens (including phenoxy) is 1. The fourth-order valence-corrected chi connectivity index (χ4v) is 2.80. The molecule has 0 radical (unpaired) electrons. The van der Waals surface area contributed by atoms with Crippen LogP contribution in [0.1, 0.15) is 29.1 Å². The Morgan fingerprint density at radius 2 is 1.97 bits per heavy atom. The Kier molecular flexibility index (Phi) is 7.25. The van der Waals surface area contributed by atoms with Crippen molar-refractivity contribution in [2.75, 3.05) is 19.1 Å². The number of alkyl halides is 4. The van der Waals surface area contributed by atoms with Gasteiger partial charge in [-0.25, -0.2) is 24.0 Å². The molecule has 0 spiro atoms. The lowest BCUT2D eigenvalue weighted by Gasteiger charge is -2.18. The van der Waals surface area contributed by atoms with Gasteiger partial charge in [-0.3, -0.25) is 0 Å². The first-order chi connectivity index (χ1) is 13.5. The summed E-state index contributed by atoms with van der Waals surface area (Å²) in [7, 11) is 1.06. The van der Waals surface area contributed by atoms with E-state index in [4.69, 9.17) is 23.2 Å². The molecule has 1 heterocycles. The molecule has 29 heavy (non-hydrogen) atoms. The van der Waals surface area contributed by atoms with E-state index in [1.165, 1.54) is 6.07 Å². The lowest BCUT2D eigenvalue weighted by molar-refractivity contribution is -0.183. The summed E-state index contributed by atoms with van der Waals surface area (Å²) in [5.74, 6) is -2.54. The van der Waals surface area contributed by atoms with Crippen molar-refractivity contribution in [3.05, 3.63) is 45.3 Å². The number of anilines is 1. The number of benzene rings is 1. The Morgan fingerprint density at radius 3 is 2.52 bits per heavy atom. The highest BCUT2D eigenvalue weighted by molar-refractivity contribution is 6.36. The van der Waals surface area contributed by atoms with Gasteiger partial charge >= 0.3 is 12.1 Å². The molecule has 0 saturated carbocycles. The first-order valence-corrected chi connectivity index (χ1v) is 8.75. The van der Waals surface area contributed by atoms with Gasteiger partial charge in [-0.2, -0.15) is 13.2 Å². The molecule has 0 aliphatic rings. The van der Waals surface area contributed by atoms with Crippen LogP contribution in [0.4, 0.5) is 27.6 Å². The summed E-state index contributed by atoms with van der Waals surface area (Å²) in [6.45, 7) is 2.17. The first kappa shape index (κ1) is 23.1. The molecule has 0 aliphatic carbocycles. The summed E-state index contributed by atoms with van der Waals surface area (Å²) in [5, 5.41) is -0.918. The summed E-state index contributed by atoms with van der Waals surface area (Å²) in [6, 6.07) is 3.09. The van der Waals surface area contributed by atoms with Crippen LogP contribution in [0, 0.1) is 5.82 Å². The Labute approximate surface area is 172 Å². The molecule has 0 fully saturated rings. The predicted molar refractivity (Wildman–Crippen MR) is 98.2 cm³/mol. The Morgan fingerprint density at radius 1 is 1.31 bits per heavy atom. The van der Waals surface area contributed by atoms with Gasteiger partial charge in [-0.1, -0.05) is 30.1 Å². The maximum Gasteiger partial charge on any atom is 0.424 e. The van der Waals surface area contributed by atoms with E-state index in [1.54, 1.807) is 6.92 Å². The van der Waals surface area contributed by atoms with E-state index in [2.05, 4.69) is 20.6 Å². The topological polar surface area (TPSA) is 63.2 Å². The lowest BCUT2D eigenvalue weighted by Crippen LogP contribution is -2.22. The zero-order chi connectivity index (χ0) is 21.9. The van der Waals surface area contributed by atoms with Gasteiger partial charge in [0.1, 0.15) is 5.82 Å². The van der Waals surface area contributed by atoms with Crippen LogP contribution < -0.4 is 10.9 Å². The molecule has 12 heteroatoms. The van der Waals surface area contributed by atoms with Gasteiger partial charge in [-0.05, 0) is 18.2 Å². The fraction of sp³-hybridized carbons (Fsp3) is 0.294. The number of hydrogen-bond acceptors (Lipinski definition) is 5. The Hall–Kier alpha value is -2.17. The summed E-state index contributed by atoms with van der Waals surface area (Å²) in [4.78, 5) is 15.8. The standard InChI is InChI=1S/C17H14Cl2F5N3O2/c1-3-25-27-10-6-9(26-14(12(10)19)16(28)29-2)7-4-5-8(18)11(13(7)20)15(21)17(22,23)24/h4-6,15,25H,3H2,1-2H3,(H,26,27). The summed E-state index contributed by atoms with van der Waals surface area (Å²) in [5.41, 5.74) is 2.82. The van der Waals surface area contributed by atoms with E-state index in [-0.39, 0.29) is 16.4 Å². The fourth-order valence-electron chi connectivity index (χ4n) is 2.34. The quantitative estimate of drug-likeness (QED) is 0.341. The van der Waals surface area contributed by atoms with Crippen molar-refractivity contribution >= 4 is 34.9 Å². The molecule has 158 valence electrons. The minimum Gasteiger partial charge on any atom is -0.464 e. The predicted octanol–water partition coefficient (Wildman–Crippen LogP) is 5.49. The number of hydrazine groups is 1. The van der Waals surface area contributed by atoms with E-state index in [1.807, 2.05) is 0 Å². The largest absolute Gasteiger partial charge is 0.464 e. The number of hydrogen-bond donors (Lipinski definition) is 2. The molecule has 5 nitrogen and oxygen atoms in total. The number of aromatic nitrogens is 1. The van der Waals surface area contributed by atoms with Crippen LogP contribution in [0.3, 0.4) is 0 Å². The maximum atomic E-state index is 14.8. The van der Waals surface area contributed by atoms with Crippen LogP contribution in [-0.4, -0.2) is 30.8 Å². The minimum atomic E-state index is -5.37. The van der Waals surface area contributed by atoms with Gasteiger partial charge in [0.2, 0.25) is 6.17 Å².